The quantitative estimate of drug-likeness (QED) is 0.836. The molecule has 1 saturated heterocycles. The molecule has 3 rings (SSSR count). The number of rotatable bonds is 5. The molecule has 0 aliphatic carbocycles. The Bertz CT molecular complexity index is 876. The smallest absolute Gasteiger partial charge is 0.257 e. The first-order valence-electron chi connectivity index (χ1n) is 8.23. The van der Waals surface area contributed by atoms with Gasteiger partial charge in [0, 0.05) is 24.5 Å². The van der Waals surface area contributed by atoms with E-state index in [1.54, 1.807) is 24.3 Å². The van der Waals surface area contributed by atoms with Crippen molar-refractivity contribution in [1.82, 2.24) is 0 Å². The summed E-state index contributed by atoms with van der Waals surface area (Å²) in [6.07, 6.45) is 1.05. The van der Waals surface area contributed by atoms with Gasteiger partial charge in [-0.3, -0.25) is 9.52 Å². The van der Waals surface area contributed by atoms with Crippen LogP contribution in [-0.2, 0) is 14.8 Å². The highest BCUT2D eigenvalue weighted by Gasteiger charge is 2.15. The van der Waals surface area contributed by atoms with Crippen LogP contribution in [0.5, 0.6) is 0 Å². The molecule has 0 bridgehead atoms. The number of anilines is 3. The third-order valence-electron chi connectivity index (χ3n) is 3.97. The lowest BCUT2D eigenvalue weighted by molar-refractivity contribution is 0.102. The monoisotopic (exact) mass is 375 g/mol. The lowest BCUT2D eigenvalue weighted by atomic mass is 10.1. The predicted octanol–water partition coefficient (Wildman–Crippen LogP) is 2.15. The van der Waals surface area contributed by atoms with E-state index in [4.69, 9.17) is 4.74 Å². The van der Waals surface area contributed by atoms with Crippen molar-refractivity contribution < 1.29 is 17.9 Å². The largest absolute Gasteiger partial charge is 0.378 e. The SMILES string of the molecule is CS(=O)(=O)Nc1ccccc1C(=O)Nc1ccc(N2CCOCC2)cc1. The van der Waals surface area contributed by atoms with Crippen LogP contribution >= 0.6 is 0 Å². The van der Waals surface area contributed by atoms with E-state index in [0.29, 0.717) is 18.9 Å². The minimum Gasteiger partial charge on any atom is -0.378 e. The maximum absolute atomic E-state index is 12.5. The van der Waals surface area contributed by atoms with Gasteiger partial charge in [0.05, 0.1) is 30.7 Å². The summed E-state index contributed by atoms with van der Waals surface area (Å²) in [6, 6.07) is 14.0. The van der Waals surface area contributed by atoms with E-state index in [9.17, 15) is 13.2 Å². The lowest BCUT2D eigenvalue weighted by Gasteiger charge is -2.28. The molecule has 0 radical (unpaired) electrons. The molecule has 0 atom stereocenters. The molecule has 2 aromatic carbocycles. The number of nitrogens with one attached hydrogen (secondary N) is 2. The second-order valence-corrected chi connectivity index (χ2v) is 7.77. The number of nitrogens with zero attached hydrogens (tertiary/aromatic N) is 1. The number of hydrogen-bond acceptors (Lipinski definition) is 5. The van der Waals surface area contributed by atoms with Gasteiger partial charge in [-0.15, -0.1) is 0 Å². The predicted molar refractivity (Wildman–Crippen MR) is 102 cm³/mol. The summed E-state index contributed by atoms with van der Waals surface area (Å²) >= 11 is 0. The minimum atomic E-state index is -3.47. The van der Waals surface area contributed by atoms with E-state index in [1.165, 1.54) is 0 Å². The lowest BCUT2D eigenvalue weighted by Crippen LogP contribution is -2.36. The fourth-order valence-electron chi connectivity index (χ4n) is 2.75. The molecule has 1 aliphatic heterocycles. The van der Waals surface area contributed by atoms with E-state index < -0.39 is 10.0 Å². The molecule has 1 amide bonds. The fourth-order valence-corrected chi connectivity index (χ4v) is 3.32. The second kappa shape index (κ2) is 7.76. The van der Waals surface area contributed by atoms with Gasteiger partial charge in [0.1, 0.15) is 0 Å². The van der Waals surface area contributed by atoms with Crippen molar-refractivity contribution >= 4 is 33.0 Å². The summed E-state index contributed by atoms with van der Waals surface area (Å²) in [5, 5.41) is 2.80. The van der Waals surface area contributed by atoms with Crippen LogP contribution < -0.4 is 14.9 Å². The number of sulfonamides is 1. The van der Waals surface area contributed by atoms with Crippen molar-refractivity contribution in [1.29, 1.82) is 0 Å². The van der Waals surface area contributed by atoms with Crippen LogP contribution in [0, 0.1) is 0 Å². The molecule has 0 saturated carbocycles. The van der Waals surface area contributed by atoms with E-state index in [2.05, 4.69) is 14.9 Å². The molecule has 26 heavy (non-hydrogen) atoms. The van der Waals surface area contributed by atoms with Crippen molar-refractivity contribution in [2.45, 2.75) is 0 Å². The Morgan fingerprint density at radius 1 is 1.04 bits per heavy atom. The van der Waals surface area contributed by atoms with Crippen LogP contribution in [0.4, 0.5) is 17.1 Å². The number of amides is 1. The highest BCUT2D eigenvalue weighted by Crippen LogP contribution is 2.21. The molecule has 138 valence electrons. The Kier molecular flexibility index (Phi) is 5.43. The number of para-hydroxylation sites is 1. The molecule has 0 unspecified atom stereocenters. The molecule has 1 fully saturated rings. The van der Waals surface area contributed by atoms with E-state index in [0.717, 1.165) is 25.0 Å². The van der Waals surface area contributed by atoms with Crippen LogP contribution in [-0.4, -0.2) is 46.9 Å². The van der Waals surface area contributed by atoms with Crippen molar-refractivity contribution in [3.05, 3.63) is 54.1 Å². The Labute approximate surface area is 153 Å². The van der Waals surface area contributed by atoms with Gasteiger partial charge in [0.2, 0.25) is 10.0 Å². The highest BCUT2D eigenvalue weighted by atomic mass is 32.2. The number of carbonyl (C=O) groups excluding carboxylic acids is 1. The average Bonchev–Trinajstić information content (AvgIpc) is 2.62. The summed E-state index contributed by atoms with van der Waals surface area (Å²) in [5.41, 5.74) is 2.22. The zero-order valence-corrected chi connectivity index (χ0v) is 15.3. The van der Waals surface area contributed by atoms with Crippen LogP contribution in [0.3, 0.4) is 0 Å². The molecular formula is C18H21N3O4S. The molecule has 2 N–H and O–H groups in total. The van der Waals surface area contributed by atoms with Crippen LogP contribution in [0.15, 0.2) is 48.5 Å². The summed E-state index contributed by atoms with van der Waals surface area (Å²) < 4.78 is 30.6. The number of benzene rings is 2. The van der Waals surface area contributed by atoms with E-state index in [-0.39, 0.29) is 17.2 Å². The summed E-state index contributed by atoms with van der Waals surface area (Å²) in [7, 11) is -3.47. The average molecular weight is 375 g/mol. The summed E-state index contributed by atoms with van der Waals surface area (Å²) in [5.74, 6) is -0.379. The van der Waals surface area contributed by atoms with Crippen LogP contribution in [0.1, 0.15) is 10.4 Å². The molecule has 1 aliphatic rings. The third kappa shape index (κ3) is 4.74. The first-order valence-corrected chi connectivity index (χ1v) is 10.1. The Morgan fingerprint density at radius 3 is 2.35 bits per heavy atom. The number of hydrogen-bond donors (Lipinski definition) is 2. The minimum absolute atomic E-state index is 0.248. The number of carbonyl (C=O) groups is 1. The van der Waals surface area contributed by atoms with E-state index >= 15 is 0 Å². The van der Waals surface area contributed by atoms with Crippen LogP contribution in [0.25, 0.3) is 0 Å². The zero-order chi connectivity index (χ0) is 18.6. The normalized spacial score (nSPS) is 14.7. The molecule has 7 nitrogen and oxygen atoms in total. The van der Waals surface area contributed by atoms with Crippen molar-refractivity contribution in [2.24, 2.45) is 0 Å². The number of morpholine rings is 1. The molecular weight excluding hydrogens is 354 g/mol. The molecule has 1 heterocycles. The van der Waals surface area contributed by atoms with Crippen molar-refractivity contribution in [2.75, 3.05) is 47.5 Å². The third-order valence-corrected chi connectivity index (χ3v) is 4.56. The van der Waals surface area contributed by atoms with Gasteiger partial charge in [-0.25, -0.2) is 8.42 Å². The molecule has 0 spiro atoms. The first kappa shape index (κ1) is 18.2. The van der Waals surface area contributed by atoms with Gasteiger partial charge < -0.3 is 15.0 Å². The fraction of sp³-hybridized carbons (Fsp3) is 0.278. The summed E-state index contributed by atoms with van der Waals surface area (Å²) in [4.78, 5) is 14.8. The van der Waals surface area contributed by atoms with Crippen molar-refractivity contribution in [3.63, 3.8) is 0 Å². The Balaban J connectivity index is 1.72. The molecule has 0 aromatic heterocycles. The van der Waals surface area contributed by atoms with Crippen LogP contribution in [0.2, 0.25) is 0 Å². The van der Waals surface area contributed by atoms with E-state index in [1.807, 2.05) is 24.3 Å². The maximum atomic E-state index is 12.5. The maximum Gasteiger partial charge on any atom is 0.257 e. The number of ether oxygens (including phenoxy) is 1. The summed E-state index contributed by atoms with van der Waals surface area (Å²) in [6.45, 7) is 3.11. The van der Waals surface area contributed by atoms with Crippen molar-refractivity contribution in [3.8, 4) is 0 Å². The standard InChI is InChI=1S/C18H21N3O4S/c1-26(23,24)20-17-5-3-2-4-16(17)18(22)19-14-6-8-15(9-7-14)21-10-12-25-13-11-21/h2-9,20H,10-13H2,1H3,(H,19,22). The first-order chi connectivity index (χ1) is 12.4. The second-order valence-electron chi connectivity index (χ2n) is 6.02. The van der Waals surface area contributed by atoms with Gasteiger partial charge in [0.25, 0.3) is 5.91 Å². The van der Waals surface area contributed by atoms with Gasteiger partial charge in [-0.2, -0.15) is 0 Å². The Hall–Kier alpha value is -2.58. The van der Waals surface area contributed by atoms with Gasteiger partial charge >= 0.3 is 0 Å². The highest BCUT2D eigenvalue weighted by molar-refractivity contribution is 7.92. The van der Waals surface area contributed by atoms with Gasteiger partial charge in [0.15, 0.2) is 0 Å². The molecule has 2 aromatic rings. The molecule has 8 heteroatoms. The van der Waals surface area contributed by atoms with Gasteiger partial charge in [-0.1, -0.05) is 12.1 Å². The topological polar surface area (TPSA) is 87.7 Å². The zero-order valence-electron chi connectivity index (χ0n) is 14.4. The van der Waals surface area contributed by atoms with Gasteiger partial charge in [-0.05, 0) is 36.4 Å². The Morgan fingerprint density at radius 2 is 1.69 bits per heavy atom.